The summed E-state index contributed by atoms with van der Waals surface area (Å²) in [5, 5.41) is 9.60. The minimum Gasteiger partial charge on any atom is -0.489 e. The molecular weight excluding hydrogens is 531 g/mol. The zero-order chi connectivity index (χ0) is 19.1. The molecule has 0 bridgehead atoms. The molecule has 2 rings (SSSR count). The molecule has 0 radical (unpaired) electrons. The Bertz CT molecular complexity index is 681. The smallest absolute Gasteiger partial charge is 0.324 e. The maximum atomic E-state index is 11.5. The molecule has 1 fully saturated rings. The van der Waals surface area contributed by atoms with Crippen molar-refractivity contribution < 1.29 is 14.3 Å². The van der Waals surface area contributed by atoms with Crippen LogP contribution in [-0.2, 0) is 4.79 Å². The average molecular weight is 551 g/mol. The standard InChI is InChI=1S/C15H18Cl3N5O3.HI/c1-19-14(20-2-4-23-12(24)8-22-15(23)25)21-3-5-26-13-10(17)6-9(16)7-11(13)18;/h6-7H,2-5,8H2,1H3,(H,22,25)(H2,19,20,21);1H. The number of carbonyl (C=O) groups is 2. The zero-order valence-corrected chi connectivity index (χ0v) is 18.9. The molecular formula is C15H19Cl3IN5O3. The van der Waals surface area contributed by atoms with E-state index in [1.54, 1.807) is 19.2 Å². The highest BCUT2D eigenvalue weighted by atomic mass is 127. The number of hydrogen-bond acceptors (Lipinski definition) is 4. The van der Waals surface area contributed by atoms with Crippen molar-refractivity contribution in [3.63, 3.8) is 0 Å². The van der Waals surface area contributed by atoms with Crippen LogP contribution in [0.25, 0.3) is 0 Å². The lowest BCUT2D eigenvalue weighted by molar-refractivity contribution is -0.124. The monoisotopic (exact) mass is 549 g/mol. The minimum atomic E-state index is -0.384. The molecule has 0 aromatic heterocycles. The van der Waals surface area contributed by atoms with Gasteiger partial charge in [-0.25, -0.2) is 4.79 Å². The van der Waals surface area contributed by atoms with E-state index in [1.807, 2.05) is 0 Å². The predicted octanol–water partition coefficient (Wildman–Crippen LogP) is 2.36. The van der Waals surface area contributed by atoms with E-state index in [-0.39, 0.29) is 55.6 Å². The Labute approximate surface area is 189 Å². The van der Waals surface area contributed by atoms with Gasteiger partial charge in [-0.3, -0.25) is 14.7 Å². The van der Waals surface area contributed by atoms with Crippen molar-refractivity contribution in [1.82, 2.24) is 20.9 Å². The van der Waals surface area contributed by atoms with Gasteiger partial charge in [-0.15, -0.1) is 24.0 Å². The van der Waals surface area contributed by atoms with E-state index in [0.29, 0.717) is 39.9 Å². The maximum absolute atomic E-state index is 11.5. The second kappa shape index (κ2) is 11.6. The van der Waals surface area contributed by atoms with Gasteiger partial charge in [0.15, 0.2) is 11.7 Å². The van der Waals surface area contributed by atoms with E-state index < -0.39 is 0 Å². The molecule has 0 atom stereocenters. The van der Waals surface area contributed by atoms with Crippen molar-refractivity contribution in [2.75, 3.05) is 39.8 Å². The van der Waals surface area contributed by atoms with Gasteiger partial charge < -0.3 is 20.7 Å². The molecule has 1 aromatic rings. The van der Waals surface area contributed by atoms with Gasteiger partial charge in [-0.2, -0.15) is 0 Å². The third kappa shape index (κ3) is 7.05. The topological polar surface area (TPSA) is 95.1 Å². The van der Waals surface area contributed by atoms with Gasteiger partial charge in [0.25, 0.3) is 0 Å². The maximum Gasteiger partial charge on any atom is 0.324 e. The quantitative estimate of drug-likeness (QED) is 0.159. The average Bonchev–Trinajstić information content (AvgIpc) is 2.90. The molecule has 1 aromatic carbocycles. The van der Waals surface area contributed by atoms with Gasteiger partial charge in [0, 0.05) is 25.2 Å². The molecule has 1 saturated heterocycles. The van der Waals surface area contributed by atoms with Crippen LogP contribution in [0, 0.1) is 0 Å². The lowest BCUT2D eigenvalue weighted by atomic mass is 10.3. The highest BCUT2D eigenvalue weighted by molar-refractivity contribution is 14.0. The first-order chi connectivity index (χ1) is 12.4. The van der Waals surface area contributed by atoms with Crippen molar-refractivity contribution in [1.29, 1.82) is 0 Å². The molecule has 27 heavy (non-hydrogen) atoms. The first-order valence-corrected chi connectivity index (χ1v) is 8.86. The first kappa shape index (κ1) is 23.9. The predicted molar refractivity (Wildman–Crippen MR) is 117 cm³/mol. The lowest BCUT2D eigenvalue weighted by Crippen LogP contribution is -2.44. The highest BCUT2D eigenvalue weighted by Crippen LogP contribution is 2.35. The van der Waals surface area contributed by atoms with Gasteiger partial charge in [0.1, 0.15) is 6.61 Å². The van der Waals surface area contributed by atoms with E-state index in [1.165, 1.54) is 0 Å². The molecule has 3 amide bonds. The molecule has 0 saturated carbocycles. The fourth-order valence-corrected chi connectivity index (χ4v) is 3.10. The van der Waals surface area contributed by atoms with Crippen LogP contribution < -0.4 is 20.7 Å². The molecule has 0 spiro atoms. The van der Waals surface area contributed by atoms with Crippen LogP contribution in [0.15, 0.2) is 17.1 Å². The molecule has 0 unspecified atom stereocenters. The summed E-state index contributed by atoms with van der Waals surface area (Å²) in [6, 6.07) is 2.71. The van der Waals surface area contributed by atoms with Gasteiger partial charge in [0.05, 0.1) is 23.1 Å². The third-order valence-corrected chi connectivity index (χ3v) is 4.17. The van der Waals surface area contributed by atoms with E-state index in [0.717, 1.165) is 4.90 Å². The summed E-state index contributed by atoms with van der Waals surface area (Å²) in [5.41, 5.74) is 0. The number of benzene rings is 1. The SMILES string of the molecule is CN=C(NCCOc1c(Cl)cc(Cl)cc1Cl)NCCN1C(=O)CNC1=O.I. The Hall–Kier alpha value is -1.17. The van der Waals surface area contributed by atoms with Crippen molar-refractivity contribution in [2.24, 2.45) is 4.99 Å². The molecule has 150 valence electrons. The number of halogens is 4. The van der Waals surface area contributed by atoms with Gasteiger partial charge in [-0.1, -0.05) is 34.8 Å². The Balaban J connectivity index is 0.00000364. The van der Waals surface area contributed by atoms with Crippen molar-refractivity contribution in [3.8, 4) is 5.75 Å². The number of imide groups is 1. The third-order valence-electron chi connectivity index (χ3n) is 3.39. The van der Waals surface area contributed by atoms with E-state index in [9.17, 15) is 9.59 Å². The van der Waals surface area contributed by atoms with Crippen LogP contribution >= 0.6 is 58.8 Å². The van der Waals surface area contributed by atoms with E-state index >= 15 is 0 Å². The summed E-state index contributed by atoms with van der Waals surface area (Å²) < 4.78 is 5.56. The van der Waals surface area contributed by atoms with Crippen LogP contribution in [0.4, 0.5) is 4.79 Å². The van der Waals surface area contributed by atoms with E-state index in [2.05, 4.69) is 20.9 Å². The van der Waals surface area contributed by atoms with Crippen molar-refractivity contribution in [2.45, 2.75) is 0 Å². The van der Waals surface area contributed by atoms with Crippen LogP contribution in [0.3, 0.4) is 0 Å². The molecule has 0 aliphatic carbocycles. The number of hydrogen-bond donors (Lipinski definition) is 3. The van der Waals surface area contributed by atoms with Crippen LogP contribution in [0.2, 0.25) is 15.1 Å². The zero-order valence-electron chi connectivity index (χ0n) is 14.4. The van der Waals surface area contributed by atoms with Crippen LogP contribution in [0.1, 0.15) is 0 Å². The molecule has 1 heterocycles. The van der Waals surface area contributed by atoms with Gasteiger partial charge in [-0.05, 0) is 12.1 Å². The fraction of sp³-hybridized carbons (Fsp3) is 0.400. The lowest BCUT2D eigenvalue weighted by Gasteiger charge is -2.16. The number of nitrogens with zero attached hydrogens (tertiary/aromatic N) is 2. The number of guanidine groups is 1. The normalized spacial score (nSPS) is 13.9. The molecule has 8 nitrogen and oxygen atoms in total. The summed E-state index contributed by atoms with van der Waals surface area (Å²) in [4.78, 5) is 28.1. The number of rotatable bonds is 7. The van der Waals surface area contributed by atoms with Crippen LogP contribution in [0.5, 0.6) is 5.75 Å². The van der Waals surface area contributed by atoms with Gasteiger partial charge in [0.2, 0.25) is 5.91 Å². The first-order valence-electron chi connectivity index (χ1n) is 7.72. The van der Waals surface area contributed by atoms with Crippen LogP contribution in [-0.4, -0.2) is 62.6 Å². The highest BCUT2D eigenvalue weighted by Gasteiger charge is 2.27. The number of aliphatic imine (C=N–C) groups is 1. The summed E-state index contributed by atoms with van der Waals surface area (Å²) in [6.07, 6.45) is 0. The summed E-state index contributed by atoms with van der Waals surface area (Å²) >= 11 is 17.9. The Morgan fingerprint density at radius 2 is 1.85 bits per heavy atom. The Morgan fingerprint density at radius 3 is 2.41 bits per heavy atom. The molecule has 12 heteroatoms. The number of urea groups is 1. The molecule has 1 aliphatic rings. The number of ether oxygens (including phenoxy) is 1. The summed E-state index contributed by atoms with van der Waals surface area (Å²) in [5.74, 6) is 0.625. The second-order valence-electron chi connectivity index (χ2n) is 5.18. The second-order valence-corrected chi connectivity index (χ2v) is 6.43. The summed E-state index contributed by atoms with van der Waals surface area (Å²) in [7, 11) is 1.61. The van der Waals surface area contributed by atoms with Gasteiger partial charge >= 0.3 is 6.03 Å². The molecule has 1 aliphatic heterocycles. The van der Waals surface area contributed by atoms with Crippen molar-refractivity contribution >= 4 is 76.7 Å². The summed E-state index contributed by atoms with van der Waals surface area (Å²) in [6.45, 7) is 1.37. The van der Waals surface area contributed by atoms with E-state index in [4.69, 9.17) is 39.5 Å². The number of nitrogens with one attached hydrogen (secondary N) is 3. The Morgan fingerprint density at radius 1 is 1.22 bits per heavy atom. The largest absolute Gasteiger partial charge is 0.489 e. The van der Waals surface area contributed by atoms with Crippen molar-refractivity contribution in [3.05, 3.63) is 27.2 Å². The Kier molecular flexibility index (Phi) is 10.3. The number of amides is 3. The minimum absolute atomic E-state index is 0. The molecule has 3 N–H and O–H groups in total. The fourth-order valence-electron chi connectivity index (χ4n) is 2.18. The number of carbonyl (C=O) groups excluding carboxylic acids is 2.